The number of rotatable bonds is 19. The van der Waals surface area contributed by atoms with Crippen LogP contribution in [-0.4, -0.2) is 36.1 Å². The van der Waals surface area contributed by atoms with E-state index in [1.165, 1.54) is 83.5 Å². The Morgan fingerprint density at radius 1 is 0.750 bits per heavy atom. The van der Waals surface area contributed by atoms with Crippen molar-refractivity contribution in [3.05, 3.63) is 12.2 Å². The minimum absolute atomic E-state index is 0.215. The molecule has 2 N–H and O–H groups in total. The van der Waals surface area contributed by atoms with Crippen LogP contribution in [0.5, 0.6) is 0 Å². The maximum Gasteiger partial charge on any atom is 0.100 e. The molecule has 3 nitrogen and oxygen atoms in total. The van der Waals surface area contributed by atoms with Crippen LogP contribution in [0.1, 0.15) is 96.8 Å². The molecule has 0 aliphatic rings. The Kier molecular flexibility index (Phi) is 20.3. The van der Waals surface area contributed by atoms with E-state index in [1.54, 1.807) is 0 Å². The molecule has 0 amide bonds. The summed E-state index contributed by atoms with van der Waals surface area (Å²) in [4.78, 5) is 0. The van der Waals surface area contributed by atoms with E-state index in [-0.39, 0.29) is 13.2 Å². The second-order valence-electron chi connectivity index (χ2n) is 6.85. The number of aliphatic hydroxyl groups excluding tert-OH is 2. The number of hydrogen-bond acceptors (Lipinski definition) is 3. The summed E-state index contributed by atoms with van der Waals surface area (Å²) < 4.78 is 5.29. The quantitative estimate of drug-likeness (QED) is 0.244. The van der Waals surface area contributed by atoms with Gasteiger partial charge in [0.05, 0.1) is 13.2 Å². The molecule has 0 aromatic rings. The first-order valence-corrected chi connectivity index (χ1v) is 10.3. The highest BCUT2D eigenvalue weighted by Crippen LogP contribution is 2.10. The molecule has 24 heavy (non-hydrogen) atoms. The lowest BCUT2D eigenvalue weighted by Gasteiger charge is -2.07. The van der Waals surface area contributed by atoms with Crippen LogP contribution in [-0.2, 0) is 4.74 Å². The lowest BCUT2D eigenvalue weighted by molar-refractivity contribution is 0.00526. The Morgan fingerprint density at radius 2 is 1.25 bits per heavy atom. The second kappa shape index (κ2) is 20.7. The third kappa shape index (κ3) is 19.7. The molecule has 0 aromatic heterocycles. The highest BCUT2D eigenvalue weighted by Gasteiger charge is 2.00. The average molecular weight is 343 g/mol. The van der Waals surface area contributed by atoms with Gasteiger partial charge in [-0.05, 0) is 32.1 Å². The molecule has 0 saturated heterocycles. The minimum Gasteiger partial charge on any atom is -0.394 e. The molecule has 3 heteroatoms. The van der Waals surface area contributed by atoms with Crippen molar-refractivity contribution in [3.8, 4) is 0 Å². The van der Waals surface area contributed by atoms with E-state index in [1.807, 2.05) is 0 Å². The molecule has 0 unspecified atom stereocenters. The van der Waals surface area contributed by atoms with E-state index >= 15 is 0 Å². The van der Waals surface area contributed by atoms with Gasteiger partial charge in [-0.1, -0.05) is 76.9 Å². The maximum atomic E-state index is 9.11. The van der Waals surface area contributed by atoms with Gasteiger partial charge in [-0.2, -0.15) is 0 Å². The number of unbranched alkanes of at least 4 members (excludes halogenated alkanes) is 12. The first-order valence-electron chi connectivity index (χ1n) is 10.3. The van der Waals surface area contributed by atoms with E-state index in [4.69, 9.17) is 14.9 Å². The van der Waals surface area contributed by atoms with Crippen LogP contribution < -0.4 is 0 Å². The fraction of sp³-hybridized carbons (Fsp3) is 0.905. The summed E-state index contributed by atoms with van der Waals surface area (Å²) in [5, 5.41) is 17.8. The number of aliphatic hydroxyl groups is 2. The van der Waals surface area contributed by atoms with E-state index in [0.717, 1.165) is 6.42 Å². The van der Waals surface area contributed by atoms with Crippen LogP contribution in [0.2, 0.25) is 0 Å². The molecule has 144 valence electrons. The smallest absolute Gasteiger partial charge is 0.100 e. The van der Waals surface area contributed by atoms with Crippen molar-refractivity contribution >= 4 is 0 Å². The van der Waals surface area contributed by atoms with Gasteiger partial charge in [-0.15, -0.1) is 0 Å². The maximum absolute atomic E-state index is 9.11. The fourth-order valence-corrected chi connectivity index (χ4v) is 2.72. The summed E-state index contributed by atoms with van der Waals surface area (Å²) in [5.74, 6) is 0. The van der Waals surface area contributed by atoms with Crippen molar-refractivity contribution in [2.24, 2.45) is 0 Å². The van der Waals surface area contributed by atoms with Gasteiger partial charge in [0.25, 0.3) is 0 Å². The Morgan fingerprint density at radius 3 is 1.79 bits per heavy atom. The third-order valence-electron chi connectivity index (χ3n) is 4.32. The van der Waals surface area contributed by atoms with Crippen LogP contribution in [0.15, 0.2) is 12.2 Å². The topological polar surface area (TPSA) is 49.7 Å². The van der Waals surface area contributed by atoms with Gasteiger partial charge in [-0.3, -0.25) is 0 Å². The molecule has 0 aliphatic carbocycles. The molecule has 1 atom stereocenters. The van der Waals surface area contributed by atoms with Gasteiger partial charge in [-0.25, -0.2) is 0 Å². The van der Waals surface area contributed by atoms with Crippen LogP contribution in [0.4, 0.5) is 0 Å². The Hall–Kier alpha value is -0.380. The van der Waals surface area contributed by atoms with E-state index in [2.05, 4.69) is 19.1 Å². The molecule has 0 fully saturated rings. The molecule has 0 aliphatic heterocycles. The van der Waals surface area contributed by atoms with Crippen molar-refractivity contribution in [3.63, 3.8) is 0 Å². The van der Waals surface area contributed by atoms with Crippen molar-refractivity contribution in [2.45, 2.75) is 103 Å². The molecule has 0 bridgehead atoms. The Balaban J connectivity index is 3.08. The zero-order valence-corrected chi connectivity index (χ0v) is 16.1. The molecule has 0 heterocycles. The summed E-state index contributed by atoms with van der Waals surface area (Å²) >= 11 is 0. The predicted molar refractivity (Wildman–Crippen MR) is 103 cm³/mol. The molecule has 0 spiro atoms. The van der Waals surface area contributed by atoms with Crippen molar-refractivity contribution in [2.75, 3.05) is 19.8 Å². The van der Waals surface area contributed by atoms with Crippen LogP contribution in [0.25, 0.3) is 0 Å². The Bertz CT molecular complexity index is 253. The highest BCUT2D eigenvalue weighted by molar-refractivity contribution is 4.81. The molecular formula is C21H42O3. The molecular weight excluding hydrogens is 300 g/mol. The van der Waals surface area contributed by atoms with Crippen LogP contribution in [0, 0.1) is 0 Å². The SMILES string of the molecule is CCCCCCCCC=CCCCCCCCCOC[C@H](O)CO. The Labute approximate surface area is 150 Å². The van der Waals surface area contributed by atoms with Crippen molar-refractivity contribution < 1.29 is 14.9 Å². The van der Waals surface area contributed by atoms with E-state index in [0.29, 0.717) is 6.61 Å². The van der Waals surface area contributed by atoms with Crippen LogP contribution in [0.3, 0.4) is 0 Å². The summed E-state index contributed by atoms with van der Waals surface area (Å²) in [7, 11) is 0. The first-order chi connectivity index (χ1) is 11.8. The normalized spacial score (nSPS) is 13.0. The first kappa shape index (κ1) is 23.6. The van der Waals surface area contributed by atoms with Crippen molar-refractivity contribution in [1.29, 1.82) is 0 Å². The van der Waals surface area contributed by atoms with E-state index < -0.39 is 6.10 Å². The molecule has 0 radical (unpaired) electrons. The summed E-state index contributed by atoms with van der Waals surface area (Å²) in [6.07, 6.45) is 22.3. The monoisotopic (exact) mass is 342 g/mol. The molecule has 0 rings (SSSR count). The molecule has 0 aromatic carbocycles. The average Bonchev–Trinajstić information content (AvgIpc) is 2.60. The zero-order valence-electron chi connectivity index (χ0n) is 16.1. The number of ether oxygens (including phenoxy) is 1. The van der Waals surface area contributed by atoms with Gasteiger partial charge in [0.15, 0.2) is 0 Å². The summed E-state index contributed by atoms with van der Waals surface area (Å²) in [6, 6.07) is 0. The predicted octanol–water partition coefficient (Wildman–Crippen LogP) is 5.39. The largest absolute Gasteiger partial charge is 0.394 e. The van der Waals surface area contributed by atoms with Crippen molar-refractivity contribution in [1.82, 2.24) is 0 Å². The summed E-state index contributed by atoms with van der Waals surface area (Å²) in [5.41, 5.74) is 0. The molecule has 0 saturated carbocycles. The zero-order chi connectivity index (χ0) is 17.7. The third-order valence-corrected chi connectivity index (χ3v) is 4.32. The van der Waals surface area contributed by atoms with Gasteiger partial charge in [0.1, 0.15) is 6.10 Å². The van der Waals surface area contributed by atoms with Gasteiger partial charge in [0.2, 0.25) is 0 Å². The lowest BCUT2D eigenvalue weighted by Crippen LogP contribution is -2.19. The van der Waals surface area contributed by atoms with Gasteiger partial charge >= 0.3 is 0 Å². The standard InChI is InChI=1S/C21H42O3/c1-2-3-4-5-6-7-8-9-10-11-12-13-14-15-16-17-18-24-20-21(23)19-22/h9-10,21-23H,2-8,11-20H2,1H3/t21-/m1/s1. The fourth-order valence-electron chi connectivity index (χ4n) is 2.72. The number of hydrogen-bond donors (Lipinski definition) is 2. The lowest BCUT2D eigenvalue weighted by atomic mass is 10.1. The van der Waals surface area contributed by atoms with Gasteiger partial charge < -0.3 is 14.9 Å². The summed E-state index contributed by atoms with van der Waals surface area (Å²) in [6.45, 7) is 3.00. The van der Waals surface area contributed by atoms with E-state index in [9.17, 15) is 0 Å². The minimum atomic E-state index is -0.723. The number of allylic oxidation sites excluding steroid dienone is 2. The van der Waals surface area contributed by atoms with Gasteiger partial charge in [0, 0.05) is 6.61 Å². The van der Waals surface area contributed by atoms with Crippen LogP contribution >= 0.6 is 0 Å². The highest BCUT2D eigenvalue weighted by atomic mass is 16.5. The second-order valence-corrected chi connectivity index (χ2v) is 6.85.